The first-order valence-corrected chi connectivity index (χ1v) is 8.72. The molecule has 25 heavy (non-hydrogen) atoms. The molecule has 2 aliphatic heterocycles. The van der Waals surface area contributed by atoms with Crippen LogP contribution in [0.4, 0.5) is 0 Å². The standard InChI is InChI=1S/C19H25N3O3/c1-20-10-12-21(13-11-20)17-16(15-7-4-3-5-8-15)18(23)22(19(17)24)9-6-14-25-2/h3-5,7-8H,6,9-14H2,1-2H3. The number of carbonyl (C=O) groups excluding carboxylic acids is 2. The van der Waals surface area contributed by atoms with Crippen LogP contribution in [0.2, 0.25) is 0 Å². The molecule has 1 aromatic carbocycles. The Balaban J connectivity index is 1.93. The van der Waals surface area contributed by atoms with Gasteiger partial charge < -0.3 is 14.5 Å². The van der Waals surface area contributed by atoms with Crippen LogP contribution in [-0.2, 0) is 14.3 Å². The maximum atomic E-state index is 13.0. The molecule has 0 bridgehead atoms. The zero-order chi connectivity index (χ0) is 17.8. The van der Waals surface area contributed by atoms with E-state index in [2.05, 4.69) is 16.8 Å². The SMILES string of the molecule is COCCCN1C(=O)C(c2ccccc2)=C(N2CCN(C)CC2)C1=O. The van der Waals surface area contributed by atoms with E-state index in [1.807, 2.05) is 30.3 Å². The van der Waals surface area contributed by atoms with Gasteiger partial charge in [-0.25, -0.2) is 0 Å². The molecule has 0 spiro atoms. The maximum Gasteiger partial charge on any atom is 0.277 e. The highest BCUT2D eigenvalue weighted by molar-refractivity contribution is 6.35. The number of rotatable bonds is 6. The number of methoxy groups -OCH3 is 1. The Kier molecular flexibility index (Phi) is 5.50. The molecule has 0 unspecified atom stereocenters. The van der Waals surface area contributed by atoms with Gasteiger partial charge in [0.15, 0.2) is 0 Å². The van der Waals surface area contributed by atoms with Gasteiger partial charge in [-0.3, -0.25) is 14.5 Å². The second-order valence-corrected chi connectivity index (χ2v) is 6.49. The summed E-state index contributed by atoms with van der Waals surface area (Å²) in [6, 6.07) is 9.51. The lowest BCUT2D eigenvalue weighted by molar-refractivity contribution is -0.137. The Labute approximate surface area is 148 Å². The molecule has 2 aliphatic rings. The number of ether oxygens (including phenoxy) is 1. The van der Waals surface area contributed by atoms with Gasteiger partial charge in [0, 0.05) is 46.4 Å². The summed E-state index contributed by atoms with van der Waals surface area (Å²) >= 11 is 0. The third-order valence-corrected chi connectivity index (χ3v) is 4.76. The molecule has 3 rings (SSSR count). The van der Waals surface area contributed by atoms with Crippen LogP contribution in [-0.4, -0.2) is 80.0 Å². The van der Waals surface area contributed by atoms with Crippen LogP contribution in [0, 0.1) is 0 Å². The van der Waals surface area contributed by atoms with Crippen molar-refractivity contribution >= 4 is 17.4 Å². The monoisotopic (exact) mass is 343 g/mol. The first-order valence-electron chi connectivity index (χ1n) is 8.72. The molecule has 1 aromatic rings. The molecule has 6 nitrogen and oxygen atoms in total. The smallest absolute Gasteiger partial charge is 0.277 e. The third-order valence-electron chi connectivity index (χ3n) is 4.76. The molecule has 0 radical (unpaired) electrons. The van der Waals surface area contributed by atoms with Crippen LogP contribution in [0.3, 0.4) is 0 Å². The first kappa shape index (κ1) is 17.6. The van der Waals surface area contributed by atoms with Crippen LogP contribution in [0.15, 0.2) is 36.0 Å². The summed E-state index contributed by atoms with van der Waals surface area (Å²) in [6.45, 7) is 4.20. The van der Waals surface area contributed by atoms with Gasteiger partial charge >= 0.3 is 0 Å². The van der Waals surface area contributed by atoms with E-state index in [4.69, 9.17) is 4.74 Å². The minimum atomic E-state index is -0.193. The molecule has 0 atom stereocenters. The Bertz CT molecular complexity index is 664. The van der Waals surface area contributed by atoms with Crippen molar-refractivity contribution in [1.29, 1.82) is 0 Å². The van der Waals surface area contributed by atoms with Gasteiger partial charge in [0.1, 0.15) is 5.70 Å². The van der Waals surface area contributed by atoms with Gasteiger partial charge in [-0.05, 0) is 19.0 Å². The highest BCUT2D eigenvalue weighted by atomic mass is 16.5. The normalized spacial score (nSPS) is 19.3. The summed E-state index contributed by atoms with van der Waals surface area (Å²) in [5.41, 5.74) is 1.90. The van der Waals surface area contributed by atoms with Gasteiger partial charge in [0.05, 0.1) is 5.57 Å². The Morgan fingerprint density at radius 3 is 2.32 bits per heavy atom. The van der Waals surface area contributed by atoms with Crippen molar-refractivity contribution in [2.45, 2.75) is 6.42 Å². The molecule has 1 fully saturated rings. The Hall–Kier alpha value is -2.18. The summed E-state index contributed by atoms with van der Waals surface area (Å²) in [5, 5.41) is 0. The average molecular weight is 343 g/mol. The van der Waals surface area contributed by atoms with Crippen LogP contribution < -0.4 is 0 Å². The van der Waals surface area contributed by atoms with Crippen molar-refractivity contribution in [3.05, 3.63) is 41.6 Å². The summed E-state index contributed by atoms with van der Waals surface area (Å²) < 4.78 is 5.06. The largest absolute Gasteiger partial charge is 0.385 e. The lowest BCUT2D eigenvalue weighted by Gasteiger charge is -2.34. The predicted octanol–water partition coefficient (Wildman–Crippen LogP) is 1.05. The highest BCUT2D eigenvalue weighted by Gasteiger charge is 2.41. The quantitative estimate of drug-likeness (QED) is 0.571. The number of carbonyl (C=O) groups is 2. The van der Waals surface area contributed by atoms with Gasteiger partial charge in [-0.1, -0.05) is 30.3 Å². The summed E-state index contributed by atoms with van der Waals surface area (Å²) in [7, 11) is 3.69. The van der Waals surface area contributed by atoms with Gasteiger partial charge in [-0.15, -0.1) is 0 Å². The fourth-order valence-corrected chi connectivity index (χ4v) is 3.32. The molecule has 2 amide bonds. The Morgan fingerprint density at radius 1 is 1.00 bits per heavy atom. The molecule has 0 aromatic heterocycles. The number of hydrogen-bond acceptors (Lipinski definition) is 5. The van der Waals surface area contributed by atoms with Crippen molar-refractivity contribution in [2.24, 2.45) is 0 Å². The molecule has 6 heteroatoms. The lowest BCUT2D eigenvalue weighted by atomic mass is 10.0. The number of likely N-dealkylation sites (N-methyl/N-ethyl adjacent to an activating group) is 1. The van der Waals surface area contributed by atoms with E-state index >= 15 is 0 Å². The Morgan fingerprint density at radius 2 is 1.68 bits per heavy atom. The van der Waals surface area contributed by atoms with Crippen molar-refractivity contribution in [3.8, 4) is 0 Å². The van der Waals surface area contributed by atoms with Crippen molar-refractivity contribution < 1.29 is 14.3 Å². The number of piperazine rings is 1. The third kappa shape index (κ3) is 3.60. The molecular weight excluding hydrogens is 318 g/mol. The molecule has 0 saturated carbocycles. The van der Waals surface area contributed by atoms with E-state index in [1.165, 1.54) is 4.90 Å². The highest BCUT2D eigenvalue weighted by Crippen LogP contribution is 2.32. The van der Waals surface area contributed by atoms with E-state index in [0.717, 1.165) is 31.7 Å². The number of hydrogen-bond donors (Lipinski definition) is 0. The molecule has 1 saturated heterocycles. The number of benzene rings is 1. The molecular formula is C19H25N3O3. The maximum absolute atomic E-state index is 13.0. The lowest BCUT2D eigenvalue weighted by Crippen LogP contribution is -2.46. The van der Waals surface area contributed by atoms with E-state index in [-0.39, 0.29) is 11.8 Å². The van der Waals surface area contributed by atoms with Gasteiger partial charge in [0.2, 0.25) is 0 Å². The van der Waals surface area contributed by atoms with E-state index < -0.39 is 0 Å². The predicted molar refractivity (Wildman–Crippen MR) is 95.6 cm³/mol. The van der Waals surface area contributed by atoms with E-state index in [1.54, 1.807) is 7.11 Å². The number of nitrogens with zero attached hydrogens (tertiary/aromatic N) is 3. The molecule has 0 aliphatic carbocycles. The van der Waals surface area contributed by atoms with Crippen LogP contribution in [0.5, 0.6) is 0 Å². The fourth-order valence-electron chi connectivity index (χ4n) is 3.32. The topological polar surface area (TPSA) is 53.1 Å². The van der Waals surface area contributed by atoms with Crippen LogP contribution in [0.1, 0.15) is 12.0 Å². The molecule has 0 N–H and O–H groups in total. The van der Waals surface area contributed by atoms with Crippen molar-refractivity contribution in [3.63, 3.8) is 0 Å². The summed E-state index contributed by atoms with van der Waals surface area (Å²) in [5.74, 6) is -0.370. The molecule has 2 heterocycles. The van der Waals surface area contributed by atoms with Crippen molar-refractivity contribution in [1.82, 2.24) is 14.7 Å². The molecule has 134 valence electrons. The fraction of sp³-hybridized carbons (Fsp3) is 0.474. The minimum Gasteiger partial charge on any atom is -0.385 e. The first-order chi connectivity index (χ1) is 12.1. The van der Waals surface area contributed by atoms with Gasteiger partial charge in [-0.2, -0.15) is 0 Å². The second-order valence-electron chi connectivity index (χ2n) is 6.49. The van der Waals surface area contributed by atoms with Crippen molar-refractivity contribution in [2.75, 3.05) is 53.5 Å². The summed E-state index contributed by atoms with van der Waals surface area (Å²) in [6.07, 6.45) is 0.645. The van der Waals surface area contributed by atoms with Crippen LogP contribution >= 0.6 is 0 Å². The zero-order valence-electron chi connectivity index (χ0n) is 14.9. The summed E-state index contributed by atoms with van der Waals surface area (Å²) in [4.78, 5) is 31.7. The van der Waals surface area contributed by atoms with Gasteiger partial charge in [0.25, 0.3) is 11.8 Å². The second kappa shape index (κ2) is 7.80. The average Bonchev–Trinajstić information content (AvgIpc) is 2.88. The van der Waals surface area contributed by atoms with E-state index in [0.29, 0.717) is 30.8 Å². The zero-order valence-corrected chi connectivity index (χ0v) is 14.9. The minimum absolute atomic E-state index is 0.176. The number of imide groups is 1. The van der Waals surface area contributed by atoms with E-state index in [9.17, 15) is 9.59 Å². The van der Waals surface area contributed by atoms with Crippen LogP contribution in [0.25, 0.3) is 5.57 Å². The number of amides is 2.